The SMILES string of the molecule is Cc1cccc(OCCN(C)Cc2nc(N)nc(N(C)C)n2)c1. The van der Waals surface area contributed by atoms with Gasteiger partial charge in [-0.25, -0.2) is 0 Å². The van der Waals surface area contributed by atoms with Gasteiger partial charge in [0.2, 0.25) is 11.9 Å². The van der Waals surface area contributed by atoms with Crippen LogP contribution in [-0.2, 0) is 6.54 Å². The molecule has 1 heterocycles. The first-order valence-corrected chi connectivity index (χ1v) is 7.50. The van der Waals surface area contributed by atoms with E-state index in [0.717, 1.165) is 12.3 Å². The van der Waals surface area contributed by atoms with Crippen LogP contribution in [0.3, 0.4) is 0 Å². The molecular weight excluding hydrogens is 292 g/mol. The van der Waals surface area contributed by atoms with Gasteiger partial charge in [0, 0.05) is 20.6 Å². The maximum atomic E-state index is 5.75. The van der Waals surface area contributed by atoms with Gasteiger partial charge in [-0.2, -0.15) is 15.0 Å². The standard InChI is InChI=1S/C16H24N6O/c1-12-6-5-7-13(10-12)23-9-8-22(4)11-14-18-15(17)20-16(19-14)21(2)3/h5-7,10H,8-9,11H2,1-4H3,(H2,17,18,19,20). The minimum atomic E-state index is 0.239. The Kier molecular flexibility index (Phi) is 5.70. The van der Waals surface area contributed by atoms with Crippen molar-refractivity contribution in [1.29, 1.82) is 0 Å². The van der Waals surface area contributed by atoms with E-state index in [1.807, 2.05) is 57.2 Å². The quantitative estimate of drug-likeness (QED) is 0.825. The fraction of sp³-hybridized carbons (Fsp3) is 0.438. The molecule has 0 aliphatic heterocycles. The number of likely N-dealkylation sites (N-methyl/N-ethyl adjacent to an activating group) is 1. The second-order valence-electron chi connectivity index (χ2n) is 5.71. The van der Waals surface area contributed by atoms with Crippen LogP contribution in [0.1, 0.15) is 11.4 Å². The summed E-state index contributed by atoms with van der Waals surface area (Å²) < 4.78 is 5.75. The van der Waals surface area contributed by atoms with Crippen molar-refractivity contribution < 1.29 is 4.74 Å². The van der Waals surface area contributed by atoms with E-state index in [-0.39, 0.29) is 5.95 Å². The topological polar surface area (TPSA) is 80.4 Å². The lowest BCUT2D eigenvalue weighted by atomic mass is 10.2. The van der Waals surface area contributed by atoms with Gasteiger partial charge in [0.15, 0.2) is 0 Å². The molecule has 23 heavy (non-hydrogen) atoms. The van der Waals surface area contributed by atoms with E-state index in [9.17, 15) is 0 Å². The Balaban J connectivity index is 1.86. The Hall–Kier alpha value is -2.41. The van der Waals surface area contributed by atoms with Crippen LogP contribution < -0.4 is 15.4 Å². The zero-order chi connectivity index (χ0) is 16.8. The predicted molar refractivity (Wildman–Crippen MR) is 91.6 cm³/mol. The van der Waals surface area contributed by atoms with Gasteiger partial charge >= 0.3 is 0 Å². The van der Waals surface area contributed by atoms with Crippen molar-refractivity contribution in [3.63, 3.8) is 0 Å². The second kappa shape index (κ2) is 7.73. The molecule has 0 unspecified atom stereocenters. The largest absolute Gasteiger partial charge is 0.492 e. The van der Waals surface area contributed by atoms with Crippen LogP contribution in [0, 0.1) is 6.92 Å². The van der Waals surface area contributed by atoms with Gasteiger partial charge in [-0.15, -0.1) is 0 Å². The molecular formula is C16H24N6O. The van der Waals surface area contributed by atoms with Crippen LogP contribution in [0.4, 0.5) is 11.9 Å². The summed E-state index contributed by atoms with van der Waals surface area (Å²) in [6.45, 7) is 4.00. The van der Waals surface area contributed by atoms with Gasteiger partial charge in [0.05, 0.1) is 6.54 Å². The molecule has 2 rings (SSSR count). The van der Waals surface area contributed by atoms with Crippen molar-refractivity contribution in [1.82, 2.24) is 19.9 Å². The summed E-state index contributed by atoms with van der Waals surface area (Å²) in [6.07, 6.45) is 0. The van der Waals surface area contributed by atoms with Crippen molar-refractivity contribution in [2.75, 3.05) is 44.9 Å². The Morgan fingerprint density at radius 1 is 1.13 bits per heavy atom. The monoisotopic (exact) mass is 316 g/mol. The van der Waals surface area contributed by atoms with Crippen LogP contribution in [-0.4, -0.2) is 54.1 Å². The van der Waals surface area contributed by atoms with E-state index in [1.54, 1.807) is 0 Å². The Morgan fingerprint density at radius 2 is 1.91 bits per heavy atom. The molecule has 0 spiro atoms. The fourth-order valence-corrected chi connectivity index (χ4v) is 2.04. The molecule has 0 amide bonds. The third-order valence-corrected chi connectivity index (χ3v) is 3.23. The highest BCUT2D eigenvalue weighted by Gasteiger charge is 2.09. The van der Waals surface area contributed by atoms with Crippen LogP contribution >= 0.6 is 0 Å². The molecule has 0 bridgehead atoms. The highest BCUT2D eigenvalue weighted by molar-refractivity contribution is 5.32. The number of hydrogen-bond donors (Lipinski definition) is 1. The van der Waals surface area contributed by atoms with Gasteiger partial charge in [0.1, 0.15) is 18.2 Å². The summed E-state index contributed by atoms with van der Waals surface area (Å²) in [4.78, 5) is 16.6. The molecule has 0 radical (unpaired) electrons. The molecule has 1 aromatic carbocycles. The van der Waals surface area contributed by atoms with Crippen LogP contribution in [0.25, 0.3) is 0 Å². The summed E-state index contributed by atoms with van der Waals surface area (Å²) in [5.74, 6) is 2.34. The van der Waals surface area contributed by atoms with E-state index < -0.39 is 0 Å². The fourth-order valence-electron chi connectivity index (χ4n) is 2.04. The summed E-state index contributed by atoms with van der Waals surface area (Å²) in [7, 11) is 5.74. The maximum absolute atomic E-state index is 5.75. The van der Waals surface area contributed by atoms with E-state index in [2.05, 4.69) is 19.9 Å². The Bertz CT molecular complexity index is 646. The number of rotatable bonds is 7. The zero-order valence-corrected chi connectivity index (χ0v) is 14.2. The molecule has 0 fully saturated rings. The zero-order valence-electron chi connectivity index (χ0n) is 14.2. The number of nitrogens with two attached hydrogens (primary N) is 1. The van der Waals surface area contributed by atoms with Gasteiger partial charge in [-0.1, -0.05) is 12.1 Å². The molecule has 0 atom stereocenters. The van der Waals surface area contributed by atoms with Crippen molar-refractivity contribution >= 4 is 11.9 Å². The van der Waals surface area contributed by atoms with E-state index in [1.165, 1.54) is 5.56 Å². The summed E-state index contributed by atoms with van der Waals surface area (Å²) in [5, 5.41) is 0. The predicted octanol–water partition coefficient (Wildman–Crippen LogP) is 1.34. The van der Waals surface area contributed by atoms with Crippen LogP contribution in [0.5, 0.6) is 5.75 Å². The Morgan fingerprint density at radius 3 is 2.61 bits per heavy atom. The molecule has 0 aliphatic rings. The van der Waals surface area contributed by atoms with Crippen molar-refractivity contribution in [2.45, 2.75) is 13.5 Å². The van der Waals surface area contributed by atoms with E-state index >= 15 is 0 Å². The van der Waals surface area contributed by atoms with Gasteiger partial charge < -0.3 is 15.4 Å². The third-order valence-electron chi connectivity index (χ3n) is 3.23. The van der Waals surface area contributed by atoms with Crippen LogP contribution in [0.15, 0.2) is 24.3 Å². The van der Waals surface area contributed by atoms with Crippen molar-refractivity contribution in [3.05, 3.63) is 35.7 Å². The molecule has 7 nitrogen and oxygen atoms in total. The smallest absolute Gasteiger partial charge is 0.229 e. The molecule has 2 N–H and O–H groups in total. The second-order valence-corrected chi connectivity index (χ2v) is 5.71. The molecule has 124 valence electrons. The van der Waals surface area contributed by atoms with Crippen LogP contribution in [0.2, 0.25) is 0 Å². The minimum absolute atomic E-state index is 0.239. The van der Waals surface area contributed by atoms with E-state index in [4.69, 9.17) is 10.5 Å². The molecule has 0 aliphatic carbocycles. The minimum Gasteiger partial charge on any atom is -0.492 e. The van der Waals surface area contributed by atoms with Crippen molar-refractivity contribution in [3.8, 4) is 5.75 Å². The number of benzene rings is 1. The third kappa shape index (κ3) is 5.37. The first-order valence-electron chi connectivity index (χ1n) is 7.50. The van der Waals surface area contributed by atoms with Crippen molar-refractivity contribution in [2.24, 2.45) is 0 Å². The van der Waals surface area contributed by atoms with Gasteiger partial charge in [-0.3, -0.25) is 4.90 Å². The molecule has 0 saturated heterocycles. The van der Waals surface area contributed by atoms with Gasteiger partial charge in [0.25, 0.3) is 0 Å². The highest BCUT2D eigenvalue weighted by atomic mass is 16.5. The lowest BCUT2D eigenvalue weighted by molar-refractivity contribution is 0.229. The average molecular weight is 316 g/mol. The number of nitrogen functional groups attached to an aromatic ring is 1. The summed E-state index contributed by atoms with van der Waals surface area (Å²) in [5.41, 5.74) is 6.92. The van der Waals surface area contributed by atoms with E-state index in [0.29, 0.717) is 24.9 Å². The summed E-state index contributed by atoms with van der Waals surface area (Å²) in [6, 6.07) is 8.02. The number of anilines is 2. The number of ether oxygens (including phenoxy) is 1. The maximum Gasteiger partial charge on any atom is 0.229 e. The highest BCUT2D eigenvalue weighted by Crippen LogP contribution is 2.12. The number of hydrogen-bond acceptors (Lipinski definition) is 7. The molecule has 2 aromatic rings. The lowest BCUT2D eigenvalue weighted by Crippen LogP contribution is -2.26. The number of aromatic nitrogens is 3. The first kappa shape index (κ1) is 17.0. The first-order chi connectivity index (χ1) is 10.9. The number of aryl methyl sites for hydroxylation is 1. The number of nitrogens with zero attached hydrogens (tertiary/aromatic N) is 5. The van der Waals surface area contributed by atoms with Gasteiger partial charge in [-0.05, 0) is 31.7 Å². The molecule has 1 aromatic heterocycles. The molecule has 0 saturated carbocycles. The Labute approximate surface area is 137 Å². The lowest BCUT2D eigenvalue weighted by Gasteiger charge is -2.17. The normalized spacial score (nSPS) is 10.8. The molecule has 7 heteroatoms. The summed E-state index contributed by atoms with van der Waals surface area (Å²) >= 11 is 0. The average Bonchev–Trinajstić information content (AvgIpc) is 2.46.